The van der Waals surface area contributed by atoms with Crippen LogP contribution < -0.4 is 10.1 Å². The second-order valence-corrected chi connectivity index (χ2v) is 10.0. The van der Waals surface area contributed by atoms with Crippen LogP contribution in [0.4, 0.5) is 13.2 Å². The first-order chi connectivity index (χ1) is 18.2. The first-order valence-corrected chi connectivity index (χ1v) is 13.0. The minimum Gasteiger partial charge on any atom is -0.489 e. The third-order valence-electron chi connectivity index (χ3n) is 6.59. The highest BCUT2D eigenvalue weighted by Crippen LogP contribution is 2.35. The maximum absolute atomic E-state index is 13.7. The Morgan fingerprint density at radius 3 is 2.71 bits per heavy atom. The molecule has 4 heterocycles. The summed E-state index contributed by atoms with van der Waals surface area (Å²) >= 11 is 1.39. The monoisotopic (exact) mass is 542 g/mol. The highest BCUT2D eigenvalue weighted by molar-refractivity contribution is 7.13. The van der Waals surface area contributed by atoms with Gasteiger partial charge in [0.1, 0.15) is 17.9 Å². The number of pyridine rings is 1. The van der Waals surface area contributed by atoms with Gasteiger partial charge in [-0.2, -0.15) is 18.3 Å². The SMILES string of the molecule is Cc1cc(C2CCNCC2)ccc1OCc1ccsc1-c1cccc(-n2ncc(C(=O)O)c2C(F)(F)F)n1. The van der Waals surface area contributed by atoms with Crippen LogP contribution in [0.25, 0.3) is 16.4 Å². The number of halogens is 3. The molecule has 1 fully saturated rings. The number of carboxylic acid groups (broad SMARTS) is 1. The Kier molecular flexibility index (Phi) is 7.22. The smallest absolute Gasteiger partial charge is 0.434 e. The van der Waals surface area contributed by atoms with Gasteiger partial charge in [0.2, 0.25) is 0 Å². The molecule has 0 bridgehead atoms. The summed E-state index contributed by atoms with van der Waals surface area (Å²) in [7, 11) is 0. The van der Waals surface area contributed by atoms with Gasteiger partial charge in [-0.1, -0.05) is 18.2 Å². The Morgan fingerprint density at radius 2 is 2.00 bits per heavy atom. The summed E-state index contributed by atoms with van der Waals surface area (Å²) in [5.74, 6) is -0.525. The zero-order valence-electron chi connectivity index (χ0n) is 20.5. The van der Waals surface area contributed by atoms with E-state index in [1.807, 2.05) is 24.4 Å². The number of aryl methyl sites for hydroxylation is 1. The summed E-state index contributed by atoms with van der Waals surface area (Å²) in [6.45, 7) is 4.33. The van der Waals surface area contributed by atoms with Crippen molar-refractivity contribution in [1.29, 1.82) is 0 Å². The van der Waals surface area contributed by atoms with Crippen molar-refractivity contribution in [3.05, 3.63) is 82.0 Å². The molecule has 3 aromatic heterocycles. The number of aromatic carboxylic acids is 1. The molecule has 1 aromatic carbocycles. The number of ether oxygens (including phenoxy) is 1. The third-order valence-corrected chi connectivity index (χ3v) is 7.57. The lowest BCUT2D eigenvalue weighted by Crippen LogP contribution is -2.26. The van der Waals surface area contributed by atoms with E-state index < -0.39 is 23.4 Å². The fourth-order valence-electron chi connectivity index (χ4n) is 4.69. The van der Waals surface area contributed by atoms with Crippen molar-refractivity contribution in [1.82, 2.24) is 20.1 Å². The van der Waals surface area contributed by atoms with E-state index in [9.17, 15) is 23.1 Å². The van der Waals surface area contributed by atoms with E-state index in [1.54, 1.807) is 12.1 Å². The number of carbonyl (C=O) groups is 1. The highest BCUT2D eigenvalue weighted by Gasteiger charge is 2.41. The molecule has 0 radical (unpaired) electrons. The fraction of sp³-hybridized carbons (Fsp3) is 0.296. The number of aromatic nitrogens is 3. The van der Waals surface area contributed by atoms with E-state index in [4.69, 9.17) is 4.74 Å². The van der Waals surface area contributed by atoms with E-state index >= 15 is 0 Å². The number of rotatable bonds is 7. The van der Waals surface area contributed by atoms with Gasteiger partial charge in [0.15, 0.2) is 11.5 Å². The minimum absolute atomic E-state index is 0.132. The summed E-state index contributed by atoms with van der Waals surface area (Å²) < 4.78 is 47.7. The van der Waals surface area contributed by atoms with E-state index in [2.05, 4.69) is 27.5 Å². The molecule has 38 heavy (non-hydrogen) atoms. The van der Waals surface area contributed by atoms with Crippen LogP contribution in [0.5, 0.6) is 5.75 Å². The summed E-state index contributed by atoms with van der Waals surface area (Å²) in [6, 6.07) is 12.8. The van der Waals surface area contributed by atoms with Crippen molar-refractivity contribution in [2.45, 2.75) is 38.5 Å². The molecule has 1 aliphatic rings. The van der Waals surface area contributed by atoms with Crippen LogP contribution in [0.1, 0.15) is 51.5 Å². The second-order valence-electron chi connectivity index (χ2n) is 9.12. The van der Waals surface area contributed by atoms with Crippen LogP contribution in [-0.2, 0) is 12.8 Å². The molecule has 0 unspecified atom stereocenters. The molecule has 11 heteroatoms. The van der Waals surface area contributed by atoms with Crippen LogP contribution in [0.15, 0.2) is 54.0 Å². The number of nitrogens with one attached hydrogen (secondary N) is 1. The maximum Gasteiger partial charge on any atom is 0.434 e. The molecule has 198 valence electrons. The average molecular weight is 543 g/mol. The van der Waals surface area contributed by atoms with Gasteiger partial charge in [0.05, 0.1) is 16.8 Å². The molecule has 0 spiro atoms. The molecule has 0 amide bonds. The summed E-state index contributed by atoms with van der Waals surface area (Å²) in [4.78, 5) is 16.5. The van der Waals surface area contributed by atoms with Crippen molar-refractivity contribution in [2.75, 3.05) is 13.1 Å². The minimum atomic E-state index is -4.93. The van der Waals surface area contributed by atoms with Crippen LogP contribution in [-0.4, -0.2) is 38.9 Å². The predicted molar refractivity (Wildman–Crippen MR) is 137 cm³/mol. The quantitative estimate of drug-likeness (QED) is 0.295. The number of alkyl halides is 3. The van der Waals surface area contributed by atoms with E-state index in [-0.39, 0.29) is 12.4 Å². The molecular formula is C27H25F3N4O3S. The van der Waals surface area contributed by atoms with Gasteiger partial charge in [-0.3, -0.25) is 0 Å². The van der Waals surface area contributed by atoms with Gasteiger partial charge < -0.3 is 15.2 Å². The number of nitrogens with zero attached hydrogens (tertiary/aromatic N) is 3. The number of hydrogen-bond donors (Lipinski definition) is 2. The Labute approximate surface area is 220 Å². The molecule has 1 aliphatic heterocycles. The van der Waals surface area contributed by atoms with E-state index in [0.717, 1.165) is 47.7 Å². The number of carboxylic acids is 1. The molecule has 2 N–H and O–H groups in total. The van der Waals surface area contributed by atoms with Gasteiger partial charge in [0, 0.05) is 5.56 Å². The zero-order valence-corrected chi connectivity index (χ0v) is 21.3. The normalized spacial score (nSPS) is 14.5. The lowest BCUT2D eigenvalue weighted by molar-refractivity contribution is -0.143. The lowest BCUT2D eigenvalue weighted by atomic mass is 9.89. The first kappa shape index (κ1) is 25.9. The van der Waals surface area contributed by atoms with Gasteiger partial charge in [-0.25, -0.2) is 14.5 Å². The largest absolute Gasteiger partial charge is 0.489 e. The molecule has 1 saturated heterocycles. The third kappa shape index (κ3) is 5.30. The zero-order chi connectivity index (χ0) is 26.9. The Balaban J connectivity index is 1.38. The van der Waals surface area contributed by atoms with Crippen LogP contribution in [0.3, 0.4) is 0 Å². The van der Waals surface area contributed by atoms with Gasteiger partial charge in [0.25, 0.3) is 0 Å². The van der Waals surface area contributed by atoms with Crippen LogP contribution >= 0.6 is 11.3 Å². The van der Waals surface area contributed by atoms with Crippen molar-refractivity contribution < 1.29 is 27.8 Å². The van der Waals surface area contributed by atoms with E-state index in [1.165, 1.54) is 23.0 Å². The van der Waals surface area contributed by atoms with Crippen LogP contribution in [0.2, 0.25) is 0 Å². The molecule has 0 atom stereocenters. The molecule has 5 rings (SSSR count). The summed E-state index contributed by atoms with van der Waals surface area (Å²) in [5.41, 5.74) is 1.32. The topological polar surface area (TPSA) is 89.3 Å². The van der Waals surface area contributed by atoms with E-state index in [0.29, 0.717) is 22.5 Å². The average Bonchev–Trinajstić information content (AvgIpc) is 3.56. The van der Waals surface area contributed by atoms with Gasteiger partial charge in [-0.05, 0) is 79.5 Å². The van der Waals surface area contributed by atoms with Gasteiger partial charge >= 0.3 is 12.1 Å². The Morgan fingerprint density at radius 1 is 1.21 bits per heavy atom. The molecule has 7 nitrogen and oxygen atoms in total. The number of hydrogen-bond acceptors (Lipinski definition) is 6. The van der Waals surface area contributed by atoms with Crippen molar-refractivity contribution in [2.24, 2.45) is 0 Å². The lowest BCUT2D eigenvalue weighted by Gasteiger charge is -2.23. The molecule has 0 aliphatic carbocycles. The molecular weight excluding hydrogens is 517 g/mol. The maximum atomic E-state index is 13.7. The Hall–Kier alpha value is -3.70. The van der Waals surface area contributed by atoms with Crippen molar-refractivity contribution >= 4 is 17.3 Å². The standard InChI is InChI=1S/C27H25F3N4O3S/c1-16-13-18(17-7-10-31-11-8-17)5-6-22(16)37-15-19-9-12-38-24(19)21-3-2-4-23(33-21)34-25(27(28,29)30)20(14-32-34)26(35)36/h2-6,9,12-14,17,31H,7-8,10-11,15H2,1H3,(H,35,36). The second kappa shape index (κ2) is 10.6. The molecule has 4 aromatic rings. The van der Waals surface area contributed by atoms with Gasteiger partial charge in [-0.15, -0.1) is 11.3 Å². The number of thiophene rings is 1. The number of benzene rings is 1. The summed E-state index contributed by atoms with van der Waals surface area (Å²) in [5, 5.41) is 18.1. The van der Waals surface area contributed by atoms with Crippen molar-refractivity contribution in [3.63, 3.8) is 0 Å². The highest BCUT2D eigenvalue weighted by atomic mass is 32.1. The summed E-state index contributed by atoms with van der Waals surface area (Å²) in [6.07, 6.45) is -2.01. The number of piperidine rings is 1. The fourth-order valence-corrected chi connectivity index (χ4v) is 5.57. The Bertz CT molecular complexity index is 1460. The van der Waals surface area contributed by atoms with Crippen molar-refractivity contribution in [3.8, 4) is 22.1 Å². The molecule has 0 saturated carbocycles. The predicted octanol–water partition coefficient (Wildman–Crippen LogP) is 6.07. The first-order valence-electron chi connectivity index (χ1n) is 12.1. The van der Waals surface area contributed by atoms with Crippen LogP contribution in [0, 0.1) is 6.92 Å².